The molecule has 1 aliphatic heterocycles. The number of hydrogen-bond acceptors (Lipinski definition) is 3. The van der Waals surface area contributed by atoms with E-state index in [2.05, 4.69) is 34.5 Å². The third-order valence-electron chi connectivity index (χ3n) is 4.21. The molecule has 3 N–H and O–H groups in total. The summed E-state index contributed by atoms with van der Waals surface area (Å²) in [4.78, 5) is 2.46. The zero-order valence-electron chi connectivity index (χ0n) is 12.6. The Labute approximate surface area is 130 Å². The smallest absolute Gasteiger partial charge is 0.125 e. The van der Waals surface area contributed by atoms with Crippen LogP contribution < -0.4 is 11.1 Å². The Morgan fingerprint density at radius 2 is 1.82 bits per heavy atom. The van der Waals surface area contributed by atoms with Crippen molar-refractivity contribution in [3.8, 4) is 0 Å². The van der Waals surface area contributed by atoms with Crippen LogP contribution in [-0.2, 0) is 6.54 Å². The first-order valence-electron chi connectivity index (χ1n) is 7.78. The van der Waals surface area contributed by atoms with E-state index in [0.29, 0.717) is 17.4 Å². The van der Waals surface area contributed by atoms with Crippen molar-refractivity contribution in [1.82, 2.24) is 4.90 Å². The largest absolute Gasteiger partial charge is 0.397 e. The fourth-order valence-electron chi connectivity index (χ4n) is 2.95. The van der Waals surface area contributed by atoms with Crippen molar-refractivity contribution in [2.24, 2.45) is 0 Å². The summed E-state index contributed by atoms with van der Waals surface area (Å²) in [5.41, 5.74) is 8.56. The van der Waals surface area contributed by atoms with Gasteiger partial charge in [-0.1, -0.05) is 30.3 Å². The lowest BCUT2D eigenvalue weighted by Gasteiger charge is -2.33. The van der Waals surface area contributed by atoms with E-state index < -0.39 is 0 Å². The molecule has 116 valence electrons. The summed E-state index contributed by atoms with van der Waals surface area (Å²) in [6.07, 6.45) is 2.09. The topological polar surface area (TPSA) is 41.3 Å². The second-order valence-electron chi connectivity index (χ2n) is 5.91. The molecule has 0 bridgehead atoms. The number of hydrogen-bond donors (Lipinski definition) is 2. The molecular weight excluding hydrogens is 277 g/mol. The molecule has 0 saturated carbocycles. The third kappa shape index (κ3) is 3.77. The predicted molar refractivity (Wildman–Crippen MR) is 89.2 cm³/mol. The first-order chi connectivity index (χ1) is 10.7. The summed E-state index contributed by atoms with van der Waals surface area (Å²) in [6.45, 7) is 3.08. The van der Waals surface area contributed by atoms with Gasteiger partial charge in [0.2, 0.25) is 0 Å². The van der Waals surface area contributed by atoms with Crippen LogP contribution in [0.1, 0.15) is 18.4 Å². The van der Waals surface area contributed by atoms with Gasteiger partial charge in [-0.05, 0) is 36.6 Å². The van der Waals surface area contributed by atoms with E-state index in [-0.39, 0.29) is 5.82 Å². The summed E-state index contributed by atoms with van der Waals surface area (Å²) in [5.74, 6) is -0.252. The number of nitrogen functional groups attached to an aromatic ring is 1. The van der Waals surface area contributed by atoms with E-state index in [0.717, 1.165) is 32.5 Å². The van der Waals surface area contributed by atoms with Gasteiger partial charge in [0.1, 0.15) is 5.82 Å². The average Bonchev–Trinajstić information content (AvgIpc) is 2.54. The maximum Gasteiger partial charge on any atom is 0.125 e. The van der Waals surface area contributed by atoms with Crippen LogP contribution in [0, 0.1) is 5.82 Å². The van der Waals surface area contributed by atoms with E-state index >= 15 is 0 Å². The molecule has 1 heterocycles. The van der Waals surface area contributed by atoms with Gasteiger partial charge in [0, 0.05) is 25.7 Å². The van der Waals surface area contributed by atoms with Crippen LogP contribution in [0.25, 0.3) is 0 Å². The van der Waals surface area contributed by atoms with Crippen molar-refractivity contribution in [1.29, 1.82) is 0 Å². The summed E-state index contributed by atoms with van der Waals surface area (Å²) < 4.78 is 13.3. The van der Waals surface area contributed by atoms with Crippen LogP contribution >= 0.6 is 0 Å². The molecule has 0 radical (unpaired) electrons. The van der Waals surface area contributed by atoms with Gasteiger partial charge in [-0.25, -0.2) is 4.39 Å². The van der Waals surface area contributed by atoms with Crippen LogP contribution in [0.2, 0.25) is 0 Å². The SMILES string of the molecule is Nc1ccc(F)cc1NC1CCN(Cc2ccccc2)CC1. The first kappa shape index (κ1) is 14.9. The second kappa shape index (κ2) is 6.79. The Morgan fingerprint density at radius 3 is 2.55 bits per heavy atom. The number of benzene rings is 2. The maximum atomic E-state index is 13.3. The molecule has 3 nitrogen and oxygen atoms in total. The van der Waals surface area contributed by atoms with Gasteiger partial charge >= 0.3 is 0 Å². The lowest BCUT2D eigenvalue weighted by atomic mass is 10.0. The zero-order valence-corrected chi connectivity index (χ0v) is 12.6. The van der Waals surface area contributed by atoms with E-state index in [1.807, 2.05) is 6.07 Å². The quantitative estimate of drug-likeness (QED) is 0.849. The number of likely N-dealkylation sites (tertiary alicyclic amines) is 1. The molecule has 1 fully saturated rings. The van der Waals surface area contributed by atoms with Crippen molar-refractivity contribution in [2.45, 2.75) is 25.4 Å². The van der Waals surface area contributed by atoms with E-state index in [1.165, 1.54) is 17.7 Å². The molecule has 22 heavy (non-hydrogen) atoms. The van der Waals surface area contributed by atoms with E-state index in [4.69, 9.17) is 5.73 Å². The lowest BCUT2D eigenvalue weighted by Crippen LogP contribution is -2.38. The Hall–Kier alpha value is -2.07. The minimum Gasteiger partial charge on any atom is -0.397 e. The number of halogens is 1. The van der Waals surface area contributed by atoms with Gasteiger partial charge in [0.05, 0.1) is 11.4 Å². The van der Waals surface area contributed by atoms with Crippen LogP contribution in [0.5, 0.6) is 0 Å². The Bertz CT molecular complexity index is 607. The highest BCUT2D eigenvalue weighted by atomic mass is 19.1. The van der Waals surface area contributed by atoms with Gasteiger partial charge in [-0.15, -0.1) is 0 Å². The Morgan fingerprint density at radius 1 is 1.09 bits per heavy atom. The van der Waals surface area contributed by atoms with Gasteiger partial charge in [-0.3, -0.25) is 4.90 Å². The van der Waals surface area contributed by atoms with Gasteiger partial charge in [0.25, 0.3) is 0 Å². The van der Waals surface area contributed by atoms with Crippen molar-refractivity contribution < 1.29 is 4.39 Å². The molecule has 4 heteroatoms. The first-order valence-corrected chi connectivity index (χ1v) is 7.78. The molecule has 0 aliphatic carbocycles. The average molecular weight is 299 g/mol. The van der Waals surface area contributed by atoms with Gasteiger partial charge in [-0.2, -0.15) is 0 Å². The number of nitrogens with one attached hydrogen (secondary N) is 1. The predicted octanol–water partition coefficient (Wildman–Crippen LogP) is 3.48. The van der Waals surface area contributed by atoms with Gasteiger partial charge in [0.15, 0.2) is 0 Å². The number of rotatable bonds is 4. The van der Waals surface area contributed by atoms with Crippen LogP contribution in [0.4, 0.5) is 15.8 Å². The number of nitrogens with two attached hydrogens (primary N) is 1. The van der Waals surface area contributed by atoms with Gasteiger partial charge < -0.3 is 11.1 Å². The molecule has 2 aromatic carbocycles. The molecule has 0 spiro atoms. The molecule has 0 amide bonds. The molecule has 2 aromatic rings. The van der Waals surface area contributed by atoms with Crippen LogP contribution in [-0.4, -0.2) is 24.0 Å². The Kier molecular flexibility index (Phi) is 4.59. The molecule has 3 rings (SSSR count). The maximum absolute atomic E-state index is 13.3. The third-order valence-corrected chi connectivity index (χ3v) is 4.21. The fourth-order valence-corrected chi connectivity index (χ4v) is 2.95. The molecular formula is C18H22FN3. The van der Waals surface area contributed by atoms with Crippen molar-refractivity contribution in [3.63, 3.8) is 0 Å². The minimum absolute atomic E-state index is 0.252. The molecule has 1 aliphatic rings. The normalized spacial score (nSPS) is 16.6. The highest BCUT2D eigenvalue weighted by molar-refractivity contribution is 5.66. The standard InChI is InChI=1S/C18H22FN3/c19-15-6-7-17(20)18(12-15)21-16-8-10-22(11-9-16)13-14-4-2-1-3-5-14/h1-7,12,16,21H,8-11,13,20H2. The number of anilines is 2. The minimum atomic E-state index is -0.252. The highest BCUT2D eigenvalue weighted by Gasteiger charge is 2.19. The Balaban J connectivity index is 1.52. The van der Waals surface area contributed by atoms with Crippen molar-refractivity contribution in [2.75, 3.05) is 24.1 Å². The summed E-state index contributed by atoms with van der Waals surface area (Å²) >= 11 is 0. The monoisotopic (exact) mass is 299 g/mol. The van der Waals surface area contributed by atoms with Crippen LogP contribution in [0.15, 0.2) is 48.5 Å². The fraction of sp³-hybridized carbons (Fsp3) is 0.333. The van der Waals surface area contributed by atoms with E-state index in [1.54, 1.807) is 6.07 Å². The molecule has 1 saturated heterocycles. The highest BCUT2D eigenvalue weighted by Crippen LogP contribution is 2.23. The van der Waals surface area contributed by atoms with Crippen LogP contribution in [0.3, 0.4) is 0 Å². The number of piperidine rings is 1. The van der Waals surface area contributed by atoms with Crippen molar-refractivity contribution >= 4 is 11.4 Å². The molecule has 0 aromatic heterocycles. The zero-order chi connectivity index (χ0) is 15.4. The number of nitrogens with zero attached hydrogens (tertiary/aromatic N) is 1. The van der Waals surface area contributed by atoms with Crippen molar-refractivity contribution in [3.05, 3.63) is 59.9 Å². The molecule has 0 unspecified atom stereocenters. The molecule has 0 atom stereocenters. The van der Waals surface area contributed by atoms with E-state index in [9.17, 15) is 4.39 Å². The summed E-state index contributed by atoms with van der Waals surface area (Å²) in [6, 6.07) is 15.4. The summed E-state index contributed by atoms with van der Waals surface area (Å²) in [5, 5.41) is 3.38. The second-order valence-corrected chi connectivity index (χ2v) is 5.91. The lowest BCUT2D eigenvalue weighted by molar-refractivity contribution is 0.211. The summed E-state index contributed by atoms with van der Waals surface area (Å²) in [7, 11) is 0.